The molecule has 3 amide bonds. The maximum Gasteiger partial charge on any atom is 0.325 e. The quantitative estimate of drug-likeness (QED) is 0.313. The second kappa shape index (κ2) is 12.7. The average Bonchev–Trinajstić information content (AvgIpc) is 2.91. The molecule has 3 rings (SSSR count). The molecule has 3 N–H and O–H groups in total. The van der Waals surface area contributed by atoms with Gasteiger partial charge >= 0.3 is 17.8 Å². The number of hydrogen-bond donors (Lipinski definition) is 3. The third-order valence-electron chi connectivity index (χ3n) is 5.30. The number of rotatable bonds is 9. The van der Waals surface area contributed by atoms with Crippen LogP contribution in [0, 0.1) is 0 Å². The summed E-state index contributed by atoms with van der Waals surface area (Å²) < 4.78 is 9.68. The van der Waals surface area contributed by atoms with E-state index in [0.29, 0.717) is 17.0 Å². The standard InChI is InChI=1S/C27H27N3O6/c1-35-22-14-10-20(11-15-22)25(19-6-4-3-5-7-19)30-27(34)26(33)29-21-12-8-18(9-13-21)16-23(31)28-17-24(32)36-2/h3-15,25H,16-17H2,1-2H3,(H,28,31)(H,29,33)(H,30,34)/t25-/m0/s1. The lowest BCUT2D eigenvalue weighted by Gasteiger charge is -2.20. The summed E-state index contributed by atoms with van der Waals surface area (Å²) in [5, 5.41) is 7.81. The number of carbonyl (C=O) groups is 4. The highest BCUT2D eigenvalue weighted by molar-refractivity contribution is 6.39. The highest BCUT2D eigenvalue weighted by Crippen LogP contribution is 2.24. The molecule has 0 fully saturated rings. The summed E-state index contributed by atoms with van der Waals surface area (Å²) in [7, 11) is 2.81. The highest BCUT2D eigenvalue weighted by atomic mass is 16.5. The van der Waals surface area contributed by atoms with Crippen LogP contribution in [0.3, 0.4) is 0 Å². The third-order valence-corrected chi connectivity index (χ3v) is 5.30. The molecule has 9 nitrogen and oxygen atoms in total. The van der Waals surface area contributed by atoms with Crippen molar-refractivity contribution in [1.29, 1.82) is 0 Å². The summed E-state index contributed by atoms with van der Waals surface area (Å²) in [5.74, 6) is -1.83. The van der Waals surface area contributed by atoms with Crippen LogP contribution in [0.25, 0.3) is 0 Å². The minimum absolute atomic E-state index is 0.0479. The van der Waals surface area contributed by atoms with E-state index >= 15 is 0 Å². The molecule has 186 valence electrons. The van der Waals surface area contributed by atoms with Gasteiger partial charge in [0.15, 0.2) is 0 Å². The summed E-state index contributed by atoms with van der Waals surface area (Å²) in [6.45, 7) is -0.209. The summed E-state index contributed by atoms with van der Waals surface area (Å²) in [6, 6.07) is 22.5. The van der Waals surface area contributed by atoms with Crippen LogP contribution in [0.5, 0.6) is 5.75 Å². The molecule has 3 aromatic carbocycles. The lowest BCUT2D eigenvalue weighted by molar-refractivity contribution is -0.141. The van der Waals surface area contributed by atoms with E-state index < -0.39 is 23.8 Å². The highest BCUT2D eigenvalue weighted by Gasteiger charge is 2.21. The van der Waals surface area contributed by atoms with Crippen LogP contribution in [0.2, 0.25) is 0 Å². The molecular formula is C27H27N3O6. The number of methoxy groups -OCH3 is 2. The predicted molar refractivity (Wildman–Crippen MR) is 133 cm³/mol. The second-order valence-electron chi connectivity index (χ2n) is 7.77. The van der Waals surface area contributed by atoms with Crippen LogP contribution in [0.4, 0.5) is 5.69 Å². The Balaban J connectivity index is 1.62. The first kappa shape index (κ1) is 26.0. The molecule has 0 aliphatic rings. The summed E-state index contributed by atoms with van der Waals surface area (Å²) >= 11 is 0. The van der Waals surface area contributed by atoms with E-state index in [-0.39, 0.29) is 18.9 Å². The van der Waals surface area contributed by atoms with Gasteiger partial charge in [0.25, 0.3) is 0 Å². The Morgan fingerprint density at radius 3 is 2.03 bits per heavy atom. The van der Waals surface area contributed by atoms with Crippen molar-refractivity contribution < 1.29 is 28.7 Å². The fourth-order valence-corrected chi connectivity index (χ4v) is 3.38. The molecule has 0 unspecified atom stereocenters. The first-order valence-electron chi connectivity index (χ1n) is 11.1. The van der Waals surface area contributed by atoms with Crippen LogP contribution >= 0.6 is 0 Å². The number of amides is 3. The van der Waals surface area contributed by atoms with Crippen molar-refractivity contribution in [3.63, 3.8) is 0 Å². The number of esters is 1. The summed E-state index contributed by atoms with van der Waals surface area (Å²) in [5.41, 5.74) is 2.68. The van der Waals surface area contributed by atoms with E-state index in [1.807, 2.05) is 42.5 Å². The van der Waals surface area contributed by atoms with Crippen molar-refractivity contribution in [3.05, 3.63) is 95.6 Å². The van der Waals surface area contributed by atoms with Crippen molar-refractivity contribution in [2.45, 2.75) is 12.5 Å². The third kappa shape index (κ3) is 7.42. The van der Waals surface area contributed by atoms with Crippen LogP contribution in [0.1, 0.15) is 22.7 Å². The van der Waals surface area contributed by atoms with Gasteiger partial charge in [0.1, 0.15) is 12.3 Å². The zero-order chi connectivity index (χ0) is 25.9. The van der Waals surface area contributed by atoms with E-state index in [0.717, 1.165) is 11.1 Å². The van der Waals surface area contributed by atoms with Gasteiger partial charge in [-0.05, 0) is 41.0 Å². The maximum absolute atomic E-state index is 12.8. The normalized spacial score (nSPS) is 11.1. The summed E-state index contributed by atoms with van der Waals surface area (Å²) in [6.07, 6.45) is 0.0479. The zero-order valence-corrected chi connectivity index (χ0v) is 19.9. The lowest BCUT2D eigenvalue weighted by Crippen LogP contribution is -2.38. The molecule has 9 heteroatoms. The monoisotopic (exact) mass is 489 g/mol. The van der Waals surface area contributed by atoms with E-state index in [1.165, 1.54) is 7.11 Å². The number of anilines is 1. The van der Waals surface area contributed by atoms with Gasteiger partial charge in [0.2, 0.25) is 5.91 Å². The predicted octanol–water partition coefficient (Wildman–Crippen LogP) is 2.37. The van der Waals surface area contributed by atoms with Gasteiger partial charge in [-0.15, -0.1) is 0 Å². The van der Waals surface area contributed by atoms with E-state index in [1.54, 1.807) is 43.5 Å². The Kier molecular flexibility index (Phi) is 9.16. The Labute approximate surface area is 208 Å². The van der Waals surface area contributed by atoms with Crippen LogP contribution < -0.4 is 20.7 Å². The first-order valence-corrected chi connectivity index (χ1v) is 11.1. The molecule has 0 aromatic heterocycles. The zero-order valence-electron chi connectivity index (χ0n) is 19.9. The minimum Gasteiger partial charge on any atom is -0.497 e. The molecule has 1 atom stereocenters. The van der Waals surface area contributed by atoms with Crippen LogP contribution in [-0.4, -0.2) is 44.5 Å². The molecule has 0 bridgehead atoms. The van der Waals surface area contributed by atoms with Gasteiger partial charge < -0.3 is 25.4 Å². The molecule has 0 spiro atoms. The maximum atomic E-state index is 12.8. The Bertz CT molecular complexity index is 1190. The molecule has 0 saturated heterocycles. The van der Waals surface area contributed by atoms with E-state index in [9.17, 15) is 19.2 Å². The van der Waals surface area contributed by atoms with Crippen molar-refractivity contribution in [3.8, 4) is 5.75 Å². The number of carbonyl (C=O) groups excluding carboxylic acids is 4. The van der Waals surface area contributed by atoms with Crippen molar-refractivity contribution >= 4 is 29.4 Å². The molecule has 3 aromatic rings. The molecule has 0 aliphatic carbocycles. The molecular weight excluding hydrogens is 462 g/mol. The van der Waals surface area contributed by atoms with Crippen molar-refractivity contribution in [2.75, 3.05) is 26.1 Å². The Hall–Kier alpha value is -4.66. The number of hydrogen-bond acceptors (Lipinski definition) is 6. The number of nitrogens with one attached hydrogen (secondary N) is 3. The molecule has 0 heterocycles. The van der Waals surface area contributed by atoms with Gasteiger partial charge in [-0.1, -0.05) is 54.6 Å². The Morgan fingerprint density at radius 1 is 0.778 bits per heavy atom. The van der Waals surface area contributed by atoms with E-state index in [4.69, 9.17) is 4.74 Å². The Morgan fingerprint density at radius 2 is 1.42 bits per heavy atom. The minimum atomic E-state index is -0.826. The average molecular weight is 490 g/mol. The second-order valence-corrected chi connectivity index (χ2v) is 7.77. The van der Waals surface area contributed by atoms with Gasteiger partial charge in [-0.3, -0.25) is 19.2 Å². The SMILES string of the molecule is COC(=O)CNC(=O)Cc1ccc(NC(=O)C(=O)N[C@@H](c2ccccc2)c2ccc(OC)cc2)cc1. The largest absolute Gasteiger partial charge is 0.497 e. The first-order chi connectivity index (χ1) is 17.4. The fourth-order valence-electron chi connectivity index (χ4n) is 3.38. The number of ether oxygens (including phenoxy) is 2. The topological polar surface area (TPSA) is 123 Å². The smallest absolute Gasteiger partial charge is 0.325 e. The lowest BCUT2D eigenvalue weighted by atomic mass is 9.98. The van der Waals surface area contributed by atoms with Gasteiger partial charge in [-0.2, -0.15) is 0 Å². The molecule has 0 saturated carbocycles. The van der Waals surface area contributed by atoms with Crippen molar-refractivity contribution in [1.82, 2.24) is 10.6 Å². The summed E-state index contributed by atoms with van der Waals surface area (Å²) in [4.78, 5) is 48.4. The van der Waals surface area contributed by atoms with Crippen LogP contribution in [0.15, 0.2) is 78.9 Å². The molecule has 0 aliphatic heterocycles. The molecule has 0 radical (unpaired) electrons. The van der Waals surface area contributed by atoms with Crippen LogP contribution in [-0.2, 0) is 30.3 Å². The van der Waals surface area contributed by atoms with Gasteiger partial charge in [0, 0.05) is 5.69 Å². The fraction of sp³-hybridized carbons (Fsp3) is 0.185. The number of benzene rings is 3. The molecule has 36 heavy (non-hydrogen) atoms. The van der Waals surface area contributed by atoms with Gasteiger partial charge in [0.05, 0.1) is 26.7 Å². The van der Waals surface area contributed by atoms with Gasteiger partial charge in [-0.25, -0.2) is 0 Å². The van der Waals surface area contributed by atoms with Crippen molar-refractivity contribution in [2.24, 2.45) is 0 Å². The van der Waals surface area contributed by atoms with E-state index in [2.05, 4.69) is 20.7 Å².